The fourth-order valence-electron chi connectivity index (χ4n) is 1.92. The highest BCUT2D eigenvalue weighted by atomic mass is 35.5. The molecule has 0 saturated carbocycles. The molecular formula is C15H14ClFO. The van der Waals surface area contributed by atoms with E-state index in [0.717, 1.165) is 16.9 Å². The molecule has 0 bridgehead atoms. The van der Waals surface area contributed by atoms with Gasteiger partial charge in [0, 0.05) is 5.56 Å². The lowest BCUT2D eigenvalue weighted by Crippen LogP contribution is -1.98. The zero-order valence-electron chi connectivity index (χ0n) is 10.3. The number of aryl methyl sites for hydroxylation is 1. The van der Waals surface area contributed by atoms with E-state index in [4.69, 9.17) is 16.3 Å². The Kier molecular flexibility index (Phi) is 3.87. The van der Waals surface area contributed by atoms with Gasteiger partial charge in [0.15, 0.2) is 0 Å². The Morgan fingerprint density at radius 3 is 2.50 bits per heavy atom. The molecule has 0 radical (unpaired) electrons. The monoisotopic (exact) mass is 264 g/mol. The van der Waals surface area contributed by atoms with Crippen LogP contribution in [0, 0.1) is 12.7 Å². The van der Waals surface area contributed by atoms with Crippen molar-refractivity contribution in [3.8, 4) is 5.75 Å². The van der Waals surface area contributed by atoms with Crippen LogP contribution in [0.1, 0.15) is 22.1 Å². The molecule has 0 amide bonds. The molecule has 0 aromatic heterocycles. The molecule has 1 unspecified atom stereocenters. The van der Waals surface area contributed by atoms with Gasteiger partial charge in [-0.25, -0.2) is 4.39 Å². The van der Waals surface area contributed by atoms with Crippen molar-refractivity contribution in [2.45, 2.75) is 12.3 Å². The highest BCUT2D eigenvalue weighted by Gasteiger charge is 2.15. The molecule has 94 valence electrons. The van der Waals surface area contributed by atoms with Crippen molar-refractivity contribution < 1.29 is 9.13 Å². The van der Waals surface area contributed by atoms with E-state index in [1.54, 1.807) is 25.3 Å². The van der Waals surface area contributed by atoms with E-state index in [2.05, 4.69) is 0 Å². The first-order valence-electron chi connectivity index (χ1n) is 5.66. The standard InChI is InChI=1S/C15H14ClFO/c1-10-9-11(7-8-14(10)18-2)15(16)12-5-3-4-6-13(12)17/h3-9,15H,1-2H3. The molecule has 0 fully saturated rings. The SMILES string of the molecule is COc1ccc(C(Cl)c2ccccc2F)cc1C. The zero-order chi connectivity index (χ0) is 13.1. The second-order valence-corrected chi connectivity index (χ2v) is 4.55. The third kappa shape index (κ3) is 2.49. The summed E-state index contributed by atoms with van der Waals surface area (Å²) in [5.74, 6) is 0.516. The van der Waals surface area contributed by atoms with E-state index in [9.17, 15) is 4.39 Å². The number of benzene rings is 2. The fourth-order valence-corrected chi connectivity index (χ4v) is 2.23. The van der Waals surface area contributed by atoms with Crippen LogP contribution in [0.15, 0.2) is 42.5 Å². The third-order valence-electron chi connectivity index (χ3n) is 2.89. The maximum absolute atomic E-state index is 13.7. The maximum atomic E-state index is 13.7. The predicted molar refractivity (Wildman–Crippen MR) is 71.8 cm³/mol. The number of methoxy groups -OCH3 is 1. The van der Waals surface area contributed by atoms with Crippen LogP contribution in [0.2, 0.25) is 0 Å². The average molecular weight is 265 g/mol. The summed E-state index contributed by atoms with van der Waals surface area (Å²) in [4.78, 5) is 0. The number of ether oxygens (including phenoxy) is 1. The summed E-state index contributed by atoms with van der Waals surface area (Å²) in [7, 11) is 1.62. The molecule has 18 heavy (non-hydrogen) atoms. The quantitative estimate of drug-likeness (QED) is 0.743. The topological polar surface area (TPSA) is 9.23 Å². The van der Waals surface area contributed by atoms with Crippen LogP contribution in [-0.2, 0) is 0 Å². The van der Waals surface area contributed by atoms with Gasteiger partial charge in [-0.2, -0.15) is 0 Å². The molecular weight excluding hydrogens is 251 g/mol. The lowest BCUT2D eigenvalue weighted by Gasteiger charge is -2.13. The molecule has 1 atom stereocenters. The Morgan fingerprint density at radius 1 is 1.17 bits per heavy atom. The van der Waals surface area contributed by atoms with E-state index in [1.807, 2.05) is 25.1 Å². The Hall–Kier alpha value is -1.54. The van der Waals surface area contributed by atoms with E-state index < -0.39 is 5.38 Å². The van der Waals surface area contributed by atoms with Crippen molar-refractivity contribution in [1.82, 2.24) is 0 Å². The predicted octanol–water partition coefficient (Wildman–Crippen LogP) is 4.47. The molecule has 2 rings (SSSR count). The molecule has 0 aliphatic carbocycles. The fraction of sp³-hybridized carbons (Fsp3) is 0.200. The molecule has 2 aromatic carbocycles. The van der Waals surface area contributed by atoms with Crippen molar-refractivity contribution in [3.05, 3.63) is 65.0 Å². The minimum atomic E-state index is -0.490. The van der Waals surface area contributed by atoms with Crippen molar-refractivity contribution in [3.63, 3.8) is 0 Å². The van der Waals surface area contributed by atoms with Crippen molar-refractivity contribution in [1.29, 1.82) is 0 Å². The Bertz CT molecular complexity index is 554. The van der Waals surface area contributed by atoms with Gasteiger partial charge in [-0.15, -0.1) is 11.6 Å². The minimum Gasteiger partial charge on any atom is -0.496 e. The maximum Gasteiger partial charge on any atom is 0.128 e. The van der Waals surface area contributed by atoms with Crippen LogP contribution >= 0.6 is 11.6 Å². The second kappa shape index (κ2) is 5.40. The van der Waals surface area contributed by atoms with Gasteiger partial charge < -0.3 is 4.74 Å². The van der Waals surface area contributed by atoms with Crippen LogP contribution in [0.3, 0.4) is 0 Å². The first-order valence-corrected chi connectivity index (χ1v) is 6.10. The molecule has 0 aliphatic heterocycles. The first kappa shape index (κ1) is 12.9. The molecule has 0 aliphatic rings. The van der Waals surface area contributed by atoms with Crippen LogP contribution < -0.4 is 4.74 Å². The van der Waals surface area contributed by atoms with Crippen molar-refractivity contribution in [2.24, 2.45) is 0 Å². The van der Waals surface area contributed by atoms with E-state index in [0.29, 0.717) is 5.56 Å². The minimum absolute atomic E-state index is 0.286. The molecule has 3 heteroatoms. The number of hydrogen-bond donors (Lipinski definition) is 0. The van der Waals surface area contributed by atoms with Crippen LogP contribution in [-0.4, -0.2) is 7.11 Å². The van der Waals surface area contributed by atoms with Gasteiger partial charge in [0.2, 0.25) is 0 Å². The second-order valence-electron chi connectivity index (χ2n) is 4.11. The van der Waals surface area contributed by atoms with Gasteiger partial charge in [0.1, 0.15) is 11.6 Å². The highest BCUT2D eigenvalue weighted by molar-refractivity contribution is 6.22. The number of hydrogen-bond acceptors (Lipinski definition) is 1. The van der Waals surface area contributed by atoms with Crippen molar-refractivity contribution in [2.75, 3.05) is 7.11 Å². The molecule has 0 spiro atoms. The average Bonchev–Trinajstić information content (AvgIpc) is 2.38. The molecule has 2 aromatic rings. The smallest absolute Gasteiger partial charge is 0.128 e. The van der Waals surface area contributed by atoms with Crippen LogP contribution in [0.5, 0.6) is 5.75 Å². The van der Waals surface area contributed by atoms with E-state index in [1.165, 1.54) is 6.07 Å². The van der Waals surface area contributed by atoms with Crippen LogP contribution in [0.25, 0.3) is 0 Å². The number of alkyl halides is 1. The normalized spacial score (nSPS) is 12.2. The first-order chi connectivity index (χ1) is 8.63. The summed E-state index contributed by atoms with van der Waals surface area (Å²) >= 11 is 6.32. The van der Waals surface area contributed by atoms with Gasteiger partial charge >= 0.3 is 0 Å². The Morgan fingerprint density at radius 2 is 1.89 bits per heavy atom. The summed E-state index contributed by atoms with van der Waals surface area (Å²) in [6.07, 6.45) is 0. The third-order valence-corrected chi connectivity index (χ3v) is 3.38. The van der Waals surface area contributed by atoms with Gasteiger partial charge in [-0.3, -0.25) is 0 Å². The summed E-state index contributed by atoms with van der Waals surface area (Å²) in [6, 6.07) is 12.2. The Labute approximate surface area is 111 Å². The lowest BCUT2D eigenvalue weighted by molar-refractivity contribution is 0.411. The number of halogens is 2. The van der Waals surface area contributed by atoms with Gasteiger partial charge in [-0.1, -0.05) is 30.3 Å². The summed E-state index contributed by atoms with van der Waals surface area (Å²) in [5, 5.41) is -0.490. The van der Waals surface area contributed by atoms with Gasteiger partial charge in [-0.05, 0) is 30.2 Å². The van der Waals surface area contributed by atoms with Crippen molar-refractivity contribution >= 4 is 11.6 Å². The molecule has 0 heterocycles. The highest BCUT2D eigenvalue weighted by Crippen LogP contribution is 2.32. The summed E-state index contributed by atoms with van der Waals surface area (Å²) < 4.78 is 18.9. The molecule has 0 saturated heterocycles. The van der Waals surface area contributed by atoms with Gasteiger partial charge in [0.05, 0.1) is 12.5 Å². The van der Waals surface area contributed by atoms with Crippen LogP contribution in [0.4, 0.5) is 4.39 Å². The number of rotatable bonds is 3. The molecule has 1 nitrogen and oxygen atoms in total. The van der Waals surface area contributed by atoms with Gasteiger partial charge in [0.25, 0.3) is 0 Å². The van der Waals surface area contributed by atoms with E-state index in [-0.39, 0.29) is 5.82 Å². The Balaban J connectivity index is 2.37. The molecule has 0 N–H and O–H groups in total. The summed E-state index contributed by atoms with van der Waals surface area (Å²) in [5.41, 5.74) is 2.33. The summed E-state index contributed by atoms with van der Waals surface area (Å²) in [6.45, 7) is 1.94. The largest absolute Gasteiger partial charge is 0.496 e. The van der Waals surface area contributed by atoms with E-state index >= 15 is 0 Å². The lowest BCUT2D eigenvalue weighted by atomic mass is 10.0. The zero-order valence-corrected chi connectivity index (χ0v) is 11.0.